The van der Waals surface area contributed by atoms with Crippen molar-refractivity contribution in [2.75, 3.05) is 17.6 Å². The summed E-state index contributed by atoms with van der Waals surface area (Å²) in [5.74, 6) is 1.13. The number of anilines is 1. The molecule has 0 spiro atoms. The van der Waals surface area contributed by atoms with Gasteiger partial charge in [0, 0.05) is 17.2 Å². The van der Waals surface area contributed by atoms with Gasteiger partial charge < -0.3 is 5.32 Å². The number of benzene rings is 1. The van der Waals surface area contributed by atoms with Crippen LogP contribution in [0, 0.1) is 5.41 Å². The highest BCUT2D eigenvalue weighted by Crippen LogP contribution is 2.39. The van der Waals surface area contributed by atoms with Gasteiger partial charge >= 0.3 is 0 Å². The zero-order valence-corrected chi connectivity index (χ0v) is 10.0. The van der Waals surface area contributed by atoms with E-state index < -0.39 is 0 Å². The number of nitrogens with one attached hydrogen (secondary N) is 1. The molecule has 1 heterocycles. The van der Waals surface area contributed by atoms with Crippen LogP contribution in [0.1, 0.15) is 13.8 Å². The topological polar surface area (TPSA) is 12.0 Å². The quantitative estimate of drug-likeness (QED) is 0.722. The molecule has 0 bridgehead atoms. The van der Waals surface area contributed by atoms with Crippen LogP contribution in [0.15, 0.2) is 23.1 Å². The fraction of sp³-hybridized carbons (Fsp3) is 0.455. The number of rotatable bonds is 0. The summed E-state index contributed by atoms with van der Waals surface area (Å²) in [5, 5.41) is 4.26. The van der Waals surface area contributed by atoms with E-state index >= 15 is 0 Å². The minimum Gasteiger partial charge on any atom is -0.382 e. The summed E-state index contributed by atoms with van der Waals surface area (Å²) in [6, 6.07) is 6.07. The normalized spacial score (nSPS) is 19.4. The molecule has 1 aliphatic heterocycles. The predicted molar refractivity (Wildman–Crippen MR) is 64.4 cm³/mol. The van der Waals surface area contributed by atoms with Crippen LogP contribution in [0.4, 0.5) is 5.69 Å². The summed E-state index contributed by atoms with van der Waals surface area (Å²) in [7, 11) is 0. The van der Waals surface area contributed by atoms with Gasteiger partial charge in [0.1, 0.15) is 0 Å². The van der Waals surface area contributed by atoms with Crippen LogP contribution < -0.4 is 5.32 Å². The lowest BCUT2D eigenvalue weighted by Gasteiger charge is -2.21. The van der Waals surface area contributed by atoms with E-state index in [1.54, 1.807) is 0 Å². The second kappa shape index (κ2) is 3.67. The van der Waals surface area contributed by atoms with Crippen molar-refractivity contribution in [2.24, 2.45) is 5.41 Å². The summed E-state index contributed by atoms with van der Waals surface area (Å²) in [5.41, 5.74) is 1.43. The van der Waals surface area contributed by atoms with E-state index in [9.17, 15) is 0 Å². The molecule has 1 N–H and O–H groups in total. The van der Waals surface area contributed by atoms with Gasteiger partial charge in [-0.3, -0.25) is 0 Å². The standard InChI is InChI=1S/C11H14ClNS/c1-11(2)6-13-10-8(12)4-3-5-9(10)14-7-11/h3-5,13H,6-7H2,1-2H3. The first kappa shape index (κ1) is 10.2. The minimum absolute atomic E-state index is 0.326. The van der Waals surface area contributed by atoms with E-state index in [-0.39, 0.29) is 0 Å². The molecule has 0 fully saturated rings. The van der Waals surface area contributed by atoms with E-state index in [0.717, 1.165) is 23.0 Å². The Bertz CT molecular complexity index is 349. The van der Waals surface area contributed by atoms with Crippen LogP contribution in [0.2, 0.25) is 5.02 Å². The molecule has 0 aromatic heterocycles. The summed E-state index contributed by atoms with van der Waals surface area (Å²) in [6.45, 7) is 5.52. The largest absolute Gasteiger partial charge is 0.382 e. The maximum Gasteiger partial charge on any atom is 0.0667 e. The van der Waals surface area contributed by atoms with Gasteiger partial charge in [0.25, 0.3) is 0 Å². The van der Waals surface area contributed by atoms with Gasteiger partial charge in [0.2, 0.25) is 0 Å². The number of hydrogen-bond acceptors (Lipinski definition) is 2. The molecule has 2 rings (SSSR count). The van der Waals surface area contributed by atoms with E-state index in [2.05, 4.69) is 25.2 Å². The van der Waals surface area contributed by atoms with E-state index in [1.165, 1.54) is 4.90 Å². The third-order valence-corrected chi connectivity index (χ3v) is 4.23. The smallest absolute Gasteiger partial charge is 0.0667 e. The maximum atomic E-state index is 6.13. The van der Waals surface area contributed by atoms with Gasteiger partial charge in [0.05, 0.1) is 10.7 Å². The molecule has 76 valence electrons. The third kappa shape index (κ3) is 2.01. The first-order valence-corrected chi connectivity index (χ1v) is 6.10. The van der Waals surface area contributed by atoms with Crippen molar-refractivity contribution in [3.63, 3.8) is 0 Å². The molecular formula is C11H14ClNS. The van der Waals surface area contributed by atoms with Gasteiger partial charge in [-0.05, 0) is 17.5 Å². The molecule has 1 aromatic carbocycles. The van der Waals surface area contributed by atoms with Gasteiger partial charge in [-0.1, -0.05) is 31.5 Å². The molecule has 1 aliphatic rings. The van der Waals surface area contributed by atoms with Crippen molar-refractivity contribution in [3.05, 3.63) is 23.2 Å². The van der Waals surface area contributed by atoms with Crippen molar-refractivity contribution in [2.45, 2.75) is 18.7 Å². The average molecular weight is 228 g/mol. The molecule has 0 unspecified atom stereocenters. The molecule has 0 radical (unpaired) electrons. The first-order valence-electron chi connectivity index (χ1n) is 4.74. The Morgan fingerprint density at radius 3 is 3.00 bits per heavy atom. The number of para-hydroxylation sites is 1. The van der Waals surface area contributed by atoms with Crippen LogP contribution >= 0.6 is 23.4 Å². The third-order valence-electron chi connectivity index (χ3n) is 2.34. The summed E-state index contributed by atoms with van der Waals surface area (Å²) >= 11 is 8.02. The lowest BCUT2D eigenvalue weighted by molar-refractivity contribution is 0.456. The minimum atomic E-state index is 0.326. The van der Waals surface area contributed by atoms with Crippen molar-refractivity contribution in [1.29, 1.82) is 0 Å². The Hall–Kier alpha value is -0.340. The molecule has 1 nitrogen and oxygen atoms in total. The fourth-order valence-corrected chi connectivity index (χ4v) is 2.89. The van der Waals surface area contributed by atoms with Crippen LogP contribution in [0.25, 0.3) is 0 Å². The van der Waals surface area contributed by atoms with E-state index in [0.29, 0.717) is 5.41 Å². The second-order valence-corrected chi connectivity index (χ2v) is 5.84. The highest BCUT2D eigenvalue weighted by Gasteiger charge is 2.23. The molecule has 0 aliphatic carbocycles. The Balaban J connectivity index is 2.34. The van der Waals surface area contributed by atoms with Crippen LogP contribution in [0.3, 0.4) is 0 Å². The Morgan fingerprint density at radius 1 is 1.43 bits per heavy atom. The Morgan fingerprint density at radius 2 is 2.21 bits per heavy atom. The van der Waals surface area contributed by atoms with Crippen LogP contribution in [0.5, 0.6) is 0 Å². The van der Waals surface area contributed by atoms with Crippen molar-refractivity contribution < 1.29 is 0 Å². The van der Waals surface area contributed by atoms with Crippen molar-refractivity contribution in [1.82, 2.24) is 0 Å². The Labute approximate surface area is 94.2 Å². The SMILES string of the molecule is CC1(C)CNc2c(Cl)cccc2SC1. The maximum absolute atomic E-state index is 6.13. The van der Waals surface area contributed by atoms with Crippen molar-refractivity contribution >= 4 is 29.1 Å². The molecular weight excluding hydrogens is 214 g/mol. The molecule has 0 amide bonds. The zero-order chi connectivity index (χ0) is 10.2. The molecule has 0 saturated carbocycles. The monoisotopic (exact) mass is 227 g/mol. The zero-order valence-electron chi connectivity index (χ0n) is 8.43. The molecule has 0 atom stereocenters. The molecule has 3 heteroatoms. The second-order valence-electron chi connectivity index (χ2n) is 4.42. The van der Waals surface area contributed by atoms with E-state index in [1.807, 2.05) is 23.9 Å². The van der Waals surface area contributed by atoms with Gasteiger partial charge in [-0.2, -0.15) is 0 Å². The summed E-state index contributed by atoms with van der Waals surface area (Å²) in [4.78, 5) is 1.27. The Kier molecular flexibility index (Phi) is 2.67. The highest BCUT2D eigenvalue weighted by atomic mass is 35.5. The van der Waals surface area contributed by atoms with Crippen molar-refractivity contribution in [3.8, 4) is 0 Å². The van der Waals surface area contributed by atoms with E-state index in [4.69, 9.17) is 11.6 Å². The van der Waals surface area contributed by atoms with Crippen LogP contribution in [-0.4, -0.2) is 12.3 Å². The lowest BCUT2D eigenvalue weighted by atomic mass is 9.96. The highest BCUT2D eigenvalue weighted by molar-refractivity contribution is 7.99. The van der Waals surface area contributed by atoms with Crippen LogP contribution in [-0.2, 0) is 0 Å². The molecule has 0 saturated heterocycles. The molecule has 1 aromatic rings. The van der Waals surface area contributed by atoms with Gasteiger partial charge in [0.15, 0.2) is 0 Å². The lowest BCUT2D eigenvalue weighted by Crippen LogP contribution is -2.23. The van der Waals surface area contributed by atoms with Gasteiger partial charge in [-0.15, -0.1) is 11.8 Å². The number of thioether (sulfide) groups is 1. The summed E-state index contributed by atoms with van der Waals surface area (Å²) < 4.78 is 0. The summed E-state index contributed by atoms with van der Waals surface area (Å²) in [6.07, 6.45) is 0. The molecule has 14 heavy (non-hydrogen) atoms. The number of hydrogen-bond donors (Lipinski definition) is 1. The number of halogens is 1. The average Bonchev–Trinajstić information content (AvgIpc) is 2.27. The predicted octanol–water partition coefficient (Wildman–Crippen LogP) is 3.88. The van der Waals surface area contributed by atoms with Gasteiger partial charge in [-0.25, -0.2) is 0 Å². The number of fused-ring (bicyclic) bond motifs is 1. The fourth-order valence-electron chi connectivity index (χ4n) is 1.45. The first-order chi connectivity index (χ1) is 6.58.